The lowest BCUT2D eigenvalue weighted by Crippen LogP contribution is -2.77. The minimum Gasteiger partial charge on any atom is -0.394 e. The van der Waals surface area contributed by atoms with Gasteiger partial charge in [0.15, 0.2) is 11.3 Å². The highest BCUT2D eigenvalue weighted by atomic mass is 16.6. The highest BCUT2D eigenvalue weighted by molar-refractivity contribution is 6.02. The number of hydrogen-bond acceptors (Lipinski definition) is 7. The number of carbonyl (C=O) groups is 2. The van der Waals surface area contributed by atoms with Crippen molar-refractivity contribution in [2.45, 2.75) is 50.0 Å². The summed E-state index contributed by atoms with van der Waals surface area (Å²) in [5, 5.41) is 41.1. The van der Waals surface area contributed by atoms with Crippen LogP contribution in [0.4, 0.5) is 4.79 Å². The third kappa shape index (κ3) is 1.98. The van der Waals surface area contributed by atoms with Gasteiger partial charge in [-0.3, -0.25) is 15.0 Å². The maximum atomic E-state index is 11.9. The van der Waals surface area contributed by atoms with Crippen molar-refractivity contribution in [3.63, 3.8) is 0 Å². The summed E-state index contributed by atoms with van der Waals surface area (Å²) >= 11 is 0. The molecule has 2 saturated heterocycles. The molecule has 3 amide bonds. The fourth-order valence-corrected chi connectivity index (χ4v) is 2.37. The van der Waals surface area contributed by atoms with E-state index in [1.807, 2.05) is 5.32 Å². The maximum absolute atomic E-state index is 11.9. The molecule has 2 aliphatic rings. The molecule has 0 spiro atoms. The van der Waals surface area contributed by atoms with E-state index in [4.69, 9.17) is 9.84 Å². The quantitative estimate of drug-likeness (QED) is 0.377. The average molecular weight is 290 g/mol. The van der Waals surface area contributed by atoms with Gasteiger partial charge in [0.2, 0.25) is 0 Å². The van der Waals surface area contributed by atoms with Crippen molar-refractivity contribution < 1.29 is 34.8 Å². The zero-order chi connectivity index (χ0) is 15.3. The molecular formula is C11H18N2O7. The Kier molecular flexibility index (Phi) is 3.51. The Morgan fingerprint density at radius 3 is 2.50 bits per heavy atom. The lowest BCUT2D eigenvalue weighted by Gasteiger charge is -2.50. The highest BCUT2D eigenvalue weighted by Gasteiger charge is 2.61. The third-order valence-electron chi connectivity index (χ3n) is 3.94. The van der Waals surface area contributed by atoms with Crippen LogP contribution < -0.4 is 5.32 Å². The number of aliphatic hydroxyl groups excluding tert-OH is 2. The van der Waals surface area contributed by atoms with E-state index in [-0.39, 0.29) is 6.42 Å². The Balaban J connectivity index is 2.31. The van der Waals surface area contributed by atoms with Gasteiger partial charge in [-0.25, -0.2) is 4.79 Å². The Bertz CT molecular complexity index is 436. The SMILES string of the molecule is C[C@@]1(O)C(=O)NC(=O)N([C@H]2C[C@H](O)[C@@H](CO)O2)[C@@]1(C)O. The summed E-state index contributed by atoms with van der Waals surface area (Å²) in [5.74, 6) is -1.03. The van der Waals surface area contributed by atoms with Crippen molar-refractivity contribution in [1.29, 1.82) is 0 Å². The standard InChI is InChI=1S/C11H18N2O7/c1-10(18)8(16)12-9(17)13(11(10,2)19)7-3-5(15)6(4-14)20-7/h5-7,14-15,18-19H,3-4H2,1-2H3,(H,12,16,17)/t5-,6+,7+,10+,11-/m0/s1. The highest BCUT2D eigenvalue weighted by Crippen LogP contribution is 2.35. The number of imide groups is 1. The molecule has 0 aromatic carbocycles. The molecule has 2 heterocycles. The van der Waals surface area contributed by atoms with Crippen LogP contribution in [-0.2, 0) is 9.53 Å². The largest absolute Gasteiger partial charge is 0.394 e. The van der Waals surface area contributed by atoms with Gasteiger partial charge in [0.1, 0.15) is 12.3 Å². The maximum Gasteiger partial charge on any atom is 0.328 e. The van der Waals surface area contributed by atoms with Gasteiger partial charge in [-0.05, 0) is 13.8 Å². The molecule has 0 saturated carbocycles. The van der Waals surface area contributed by atoms with E-state index in [0.717, 1.165) is 18.7 Å². The van der Waals surface area contributed by atoms with Crippen molar-refractivity contribution in [3.8, 4) is 0 Å². The van der Waals surface area contributed by atoms with E-state index in [1.54, 1.807) is 0 Å². The minimum absolute atomic E-state index is 0.0565. The Labute approximate surface area is 114 Å². The fourth-order valence-electron chi connectivity index (χ4n) is 2.37. The van der Waals surface area contributed by atoms with Gasteiger partial charge >= 0.3 is 6.03 Å². The Hall–Kier alpha value is -1.26. The first-order valence-corrected chi connectivity index (χ1v) is 6.16. The van der Waals surface area contributed by atoms with E-state index < -0.39 is 48.3 Å². The van der Waals surface area contributed by atoms with E-state index in [0.29, 0.717) is 0 Å². The van der Waals surface area contributed by atoms with E-state index >= 15 is 0 Å². The molecule has 0 bridgehead atoms. The van der Waals surface area contributed by atoms with Gasteiger partial charge in [-0.15, -0.1) is 0 Å². The van der Waals surface area contributed by atoms with Crippen LogP contribution >= 0.6 is 0 Å². The van der Waals surface area contributed by atoms with Crippen molar-refractivity contribution in [1.82, 2.24) is 10.2 Å². The van der Waals surface area contributed by atoms with Crippen LogP contribution in [-0.4, -0.2) is 73.6 Å². The molecule has 9 heteroatoms. The van der Waals surface area contributed by atoms with Crippen LogP contribution in [0.3, 0.4) is 0 Å². The summed E-state index contributed by atoms with van der Waals surface area (Å²) in [6, 6.07) is -0.942. The average Bonchev–Trinajstić information content (AvgIpc) is 2.68. The van der Waals surface area contributed by atoms with Crippen LogP contribution in [0.25, 0.3) is 0 Å². The minimum atomic E-state index is -2.24. The lowest BCUT2D eigenvalue weighted by atomic mass is 9.88. The van der Waals surface area contributed by atoms with Crippen LogP contribution in [0.1, 0.15) is 20.3 Å². The van der Waals surface area contributed by atoms with E-state index in [2.05, 4.69) is 0 Å². The zero-order valence-corrected chi connectivity index (χ0v) is 11.1. The van der Waals surface area contributed by atoms with Gasteiger partial charge in [-0.2, -0.15) is 0 Å². The first kappa shape index (κ1) is 15.1. The number of carbonyl (C=O) groups excluding carboxylic acids is 2. The van der Waals surface area contributed by atoms with Crippen molar-refractivity contribution in [2.24, 2.45) is 0 Å². The Morgan fingerprint density at radius 2 is 2.00 bits per heavy atom. The molecule has 20 heavy (non-hydrogen) atoms. The van der Waals surface area contributed by atoms with Gasteiger partial charge in [-0.1, -0.05) is 0 Å². The van der Waals surface area contributed by atoms with Crippen LogP contribution in [0.5, 0.6) is 0 Å². The van der Waals surface area contributed by atoms with Crippen molar-refractivity contribution in [3.05, 3.63) is 0 Å². The number of amides is 3. The smallest absolute Gasteiger partial charge is 0.328 e. The summed E-state index contributed by atoms with van der Waals surface area (Å²) in [5.41, 5.74) is -4.46. The topological polar surface area (TPSA) is 140 Å². The number of nitrogens with one attached hydrogen (secondary N) is 1. The molecule has 0 aliphatic carbocycles. The second-order valence-corrected chi connectivity index (χ2v) is 5.34. The number of rotatable bonds is 2. The van der Waals surface area contributed by atoms with Gasteiger partial charge in [0.05, 0.1) is 12.7 Å². The first-order valence-electron chi connectivity index (χ1n) is 6.16. The molecule has 0 aromatic rings. The molecule has 2 aliphatic heterocycles. The van der Waals surface area contributed by atoms with Crippen LogP contribution in [0, 0.1) is 0 Å². The molecule has 114 valence electrons. The predicted octanol–water partition coefficient (Wildman–Crippen LogP) is -2.53. The van der Waals surface area contributed by atoms with Crippen LogP contribution in [0.2, 0.25) is 0 Å². The molecular weight excluding hydrogens is 272 g/mol. The molecule has 5 N–H and O–H groups in total. The summed E-state index contributed by atoms with van der Waals surface area (Å²) in [4.78, 5) is 24.2. The Morgan fingerprint density at radius 1 is 1.40 bits per heavy atom. The normalized spacial score (nSPS) is 45.7. The van der Waals surface area contributed by atoms with E-state index in [1.165, 1.54) is 0 Å². The predicted molar refractivity (Wildman–Crippen MR) is 63.0 cm³/mol. The number of aliphatic hydroxyl groups is 4. The zero-order valence-electron chi connectivity index (χ0n) is 11.1. The van der Waals surface area contributed by atoms with Gasteiger partial charge < -0.3 is 25.2 Å². The second kappa shape index (κ2) is 4.64. The molecule has 9 nitrogen and oxygen atoms in total. The summed E-state index contributed by atoms with van der Waals surface area (Å²) in [6.45, 7) is 1.72. The van der Waals surface area contributed by atoms with Crippen molar-refractivity contribution in [2.75, 3.05) is 6.61 Å². The molecule has 2 fully saturated rings. The van der Waals surface area contributed by atoms with Crippen LogP contribution in [0.15, 0.2) is 0 Å². The van der Waals surface area contributed by atoms with E-state index in [9.17, 15) is 24.9 Å². The lowest BCUT2D eigenvalue weighted by molar-refractivity contribution is -0.240. The summed E-state index contributed by atoms with van der Waals surface area (Å²) < 4.78 is 5.28. The summed E-state index contributed by atoms with van der Waals surface area (Å²) in [6.07, 6.45) is -3.04. The van der Waals surface area contributed by atoms with Gasteiger partial charge in [0.25, 0.3) is 5.91 Å². The first-order chi connectivity index (χ1) is 9.12. The molecule has 0 radical (unpaired) electrons. The molecule has 2 rings (SSSR count). The number of urea groups is 1. The summed E-state index contributed by atoms with van der Waals surface area (Å²) in [7, 11) is 0. The third-order valence-corrected chi connectivity index (χ3v) is 3.94. The van der Waals surface area contributed by atoms with Gasteiger partial charge in [0, 0.05) is 6.42 Å². The fraction of sp³-hybridized carbons (Fsp3) is 0.818. The molecule has 0 unspecified atom stereocenters. The molecule has 0 aromatic heterocycles. The van der Waals surface area contributed by atoms with Crippen molar-refractivity contribution >= 4 is 11.9 Å². The molecule has 5 atom stereocenters. The number of nitrogens with zero attached hydrogens (tertiary/aromatic N) is 1. The number of hydrogen-bond donors (Lipinski definition) is 5. The monoisotopic (exact) mass is 290 g/mol. The number of ether oxygens (including phenoxy) is 1. The second-order valence-electron chi connectivity index (χ2n) is 5.34.